The van der Waals surface area contributed by atoms with Crippen molar-refractivity contribution in [1.29, 1.82) is 0 Å². The molecular formula is C48H38Cl2N4O8. The number of amides is 4. The SMILES string of the molecule is CCOc1cccc(C2C3=CCC4C(=O)N(c5ccc(-c6nc7ccccc7o6)cc5)C(=O)C4C3CC3C(=O)N(Nc4ccc(Cl)cc4Cl)C(=O)C32c2ccc(OC)cc2)c1O. The van der Waals surface area contributed by atoms with Crippen LogP contribution in [0.5, 0.6) is 17.2 Å². The number of para-hydroxylation sites is 3. The standard InChI is InChI=1S/C48H38Cl2N4O8/c1-3-61-39-10-6-7-32(42(39)55)41-30-20-21-31-40(46(58)53(44(31)56)28-16-11-25(12-17-28)43-51-37-8-4-5-9-38(37)62-43)33(30)24-34-45(57)54(52-36-22-15-27(49)23-35(36)50)47(59)48(34,41)26-13-18-29(60-2)19-14-26/h4-20,22-23,31,33-34,40-41,52,55H,3,21,24H2,1-2H3. The number of oxazole rings is 1. The van der Waals surface area contributed by atoms with Gasteiger partial charge in [0.2, 0.25) is 17.7 Å². The number of rotatable bonds is 9. The quantitative estimate of drug-likeness (QED) is 0.106. The first-order valence-electron chi connectivity index (χ1n) is 20.3. The normalized spacial score (nSPS) is 24.2. The second kappa shape index (κ2) is 15.1. The fourth-order valence-electron chi connectivity index (χ4n) is 10.2. The number of ether oxygens (including phenoxy) is 2. The molecule has 0 spiro atoms. The summed E-state index contributed by atoms with van der Waals surface area (Å²) in [6, 6.07) is 31.1. The molecule has 5 aromatic carbocycles. The fraction of sp³-hybridized carbons (Fsp3) is 0.229. The van der Waals surface area contributed by atoms with Crippen LogP contribution in [0, 0.1) is 23.7 Å². The Kier molecular flexibility index (Phi) is 9.60. The lowest BCUT2D eigenvalue weighted by Gasteiger charge is -2.50. The smallest absolute Gasteiger partial charge is 0.260 e. The zero-order valence-electron chi connectivity index (χ0n) is 33.4. The number of aromatic hydroxyl groups is 1. The van der Waals surface area contributed by atoms with Gasteiger partial charge in [-0.3, -0.25) is 29.5 Å². The first-order valence-corrected chi connectivity index (χ1v) is 21.0. The monoisotopic (exact) mass is 868 g/mol. The third kappa shape index (κ3) is 5.91. The number of nitrogens with zero attached hydrogens (tertiary/aromatic N) is 3. The molecular weight excluding hydrogens is 831 g/mol. The van der Waals surface area contributed by atoms with Crippen LogP contribution in [-0.4, -0.2) is 52.4 Å². The number of hydrazine groups is 1. The Hall–Kier alpha value is -6.63. The average molecular weight is 870 g/mol. The summed E-state index contributed by atoms with van der Waals surface area (Å²) in [7, 11) is 1.53. The zero-order valence-corrected chi connectivity index (χ0v) is 34.9. The molecule has 312 valence electrons. The maximum atomic E-state index is 15.6. The van der Waals surface area contributed by atoms with Crippen LogP contribution in [0.25, 0.3) is 22.6 Å². The van der Waals surface area contributed by atoms with Gasteiger partial charge in [-0.05, 0) is 104 Å². The van der Waals surface area contributed by atoms with E-state index >= 15 is 9.59 Å². The molecule has 1 saturated carbocycles. The summed E-state index contributed by atoms with van der Waals surface area (Å²) in [5.41, 5.74) is 5.50. The number of carbonyl (C=O) groups is 4. The Labute approximate surface area is 365 Å². The summed E-state index contributed by atoms with van der Waals surface area (Å²) in [6.45, 7) is 2.05. The molecule has 12 nitrogen and oxygen atoms in total. The molecule has 2 N–H and O–H groups in total. The first-order chi connectivity index (χ1) is 30.0. The summed E-state index contributed by atoms with van der Waals surface area (Å²) < 4.78 is 17.3. The van der Waals surface area contributed by atoms with Crippen molar-refractivity contribution in [3.05, 3.63) is 142 Å². The maximum absolute atomic E-state index is 15.6. The second-order valence-electron chi connectivity index (χ2n) is 15.9. The molecule has 62 heavy (non-hydrogen) atoms. The minimum Gasteiger partial charge on any atom is -0.504 e. The van der Waals surface area contributed by atoms with Crippen molar-refractivity contribution in [1.82, 2.24) is 9.99 Å². The molecule has 3 fully saturated rings. The molecule has 2 saturated heterocycles. The largest absolute Gasteiger partial charge is 0.504 e. The van der Waals surface area contributed by atoms with Gasteiger partial charge in [0.05, 0.1) is 53.3 Å². The molecule has 2 aliphatic carbocycles. The number of methoxy groups -OCH3 is 1. The Morgan fingerprint density at radius 3 is 2.39 bits per heavy atom. The van der Waals surface area contributed by atoms with Crippen LogP contribution < -0.4 is 19.8 Å². The minimum absolute atomic E-state index is 0.0437. The highest BCUT2D eigenvalue weighted by atomic mass is 35.5. The number of fused-ring (bicyclic) bond motifs is 5. The average Bonchev–Trinajstić information content (AvgIpc) is 3.90. The number of aromatic nitrogens is 1. The van der Waals surface area contributed by atoms with E-state index in [1.54, 1.807) is 85.8 Å². The van der Waals surface area contributed by atoms with Crippen molar-refractivity contribution in [3.63, 3.8) is 0 Å². The second-order valence-corrected chi connectivity index (χ2v) is 16.7. The van der Waals surface area contributed by atoms with Gasteiger partial charge in [-0.2, -0.15) is 5.01 Å². The Balaban J connectivity index is 1.10. The van der Waals surface area contributed by atoms with Gasteiger partial charge < -0.3 is 19.0 Å². The van der Waals surface area contributed by atoms with E-state index in [-0.39, 0.29) is 47.6 Å². The van der Waals surface area contributed by atoms with Crippen molar-refractivity contribution in [3.8, 4) is 28.7 Å². The van der Waals surface area contributed by atoms with Crippen molar-refractivity contribution in [2.75, 3.05) is 24.0 Å². The number of hydrogen-bond donors (Lipinski definition) is 2. The summed E-state index contributed by atoms with van der Waals surface area (Å²) in [5, 5.41) is 13.6. The van der Waals surface area contributed by atoms with E-state index in [1.807, 2.05) is 30.3 Å². The summed E-state index contributed by atoms with van der Waals surface area (Å²) in [5.74, 6) is -5.36. The van der Waals surface area contributed by atoms with Gasteiger partial charge in [0.15, 0.2) is 17.1 Å². The highest BCUT2D eigenvalue weighted by Crippen LogP contribution is 2.65. The maximum Gasteiger partial charge on any atom is 0.260 e. The van der Waals surface area contributed by atoms with Crippen molar-refractivity contribution in [2.24, 2.45) is 23.7 Å². The molecule has 2 aliphatic heterocycles. The molecule has 4 aliphatic rings. The minimum atomic E-state index is -1.67. The van der Waals surface area contributed by atoms with Gasteiger partial charge in [0, 0.05) is 22.1 Å². The first kappa shape index (κ1) is 39.5. The van der Waals surface area contributed by atoms with Crippen LogP contribution in [0.1, 0.15) is 36.8 Å². The molecule has 4 amide bonds. The van der Waals surface area contributed by atoms with Crippen molar-refractivity contribution >= 4 is 69.3 Å². The van der Waals surface area contributed by atoms with Crippen LogP contribution in [0.2, 0.25) is 10.0 Å². The number of phenols is 1. The van der Waals surface area contributed by atoms with Gasteiger partial charge in [-0.25, -0.2) is 4.98 Å². The summed E-state index contributed by atoms with van der Waals surface area (Å²) >= 11 is 12.8. The van der Waals surface area contributed by atoms with Gasteiger partial charge in [0.25, 0.3) is 11.8 Å². The molecule has 6 aromatic rings. The molecule has 14 heteroatoms. The summed E-state index contributed by atoms with van der Waals surface area (Å²) in [4.78, 5) is 65.9. The third-order valence-corrected chi connectivity index (χ3v) is 13.4. The number of hydrogen-bond acceptors (Lipinski definition) is 10. The van der Waals surface area contributed by atoms with Crippen LogP contribution >= 0.6 is 23.2 Å². The van der Waals surface area contributed by atoms with Crippen LogP contribution in [0.4, 0.5) is 11.4 Å². The molecule has 0 radical (unpaired) electrons. The number of carbonyl (C=O) groups excluding carboxylic acids is 4. The molecule has 0 bridgehead atoms. The molecule has 6 atom stereocenters. The summed E-state index contributed by atoms with van der Waals surface area (Å²) in [6.07, 6.45) is 2.16. The van der Waals surface area contributed by atoms with Gasteiger partial charge in [0.1, 0.15) is 11.3 Å². The number of benzene rings is 5. The highest BCUT2D eigenvalue weighted by Gasteiger charge is 2.70. The van der Waals surface area contributed by atoms with Gasteiger partial charge in [-0.1, -0.05) is 71.2 Å². The van der Waals surface area contributed by atoms with E-state index in [1.165, 1.54) is 18.1 Å². The van der Waals surface area contributed by atoms with E-state index in [0.717, 1.165) is 5.01 Å². The van der Waals surface area contributed by atoms with E-state index < -0.39 is 52.7 Å². The molecule has 10 rings (SSSR count). The Bertz CT molecular complexity index is 2830. The van der Waals surface area contributed by atoms with Crippen molar-refractivity contribution in [2.45, 2.75) is 31.1 Å². The van der Waals surface area contributed by atoms with Crippen LogP contribution in [0.3, 0.4) is 0 Å². The topological polar surface area (TPSA) is 152 Å². The Morgan fingerprint density at radius 2 is 1.66 bits per heavy atom. The van der Waals surface area contributed by atoms with E-state index in [0.29, 0.717) is 55.7 Å². The number of halogens is 2. The lowest BCUT2D eigenvalue weighted by atomic mass is 9.49. The van der Waals surface area contributed by atoms with Crippen LogP contribution in [-0.2, 0) is 24.6 Å². The zero-order chi connectivity index (χ0) is 43.0. The number of anilines is 2. The Morgan fingerprint density at radius 1 is 0.887 bits per heavy atom. The van der Waals surface area contributed by atoms with Gasteiger partial charge >= 0.3 is 0 Å². The molecule has 6 unspecified atom stereocenters. The van der Waals surface area contributed by atoms with Crippen LogP contribution in [0.15, 0.2) is 125 Å². The van der Waals surface area contributed by atoms with E-state index in [9.17, 15) is 14.7 Å². The molecule has 3 heterocycles. The molecule has 1 aromatic heterocycles. The number of imide groups is 2. The third-order valence-electron chi connectivity index (χ3n) is 12.9. The predicted octanol–water partition coefficient (Wildman–Crippen LogP) is 9.10. The van der Waals surface area contributed by atoms with Crippen molar-refractivity contribution < 1.29 is 38.2 Å². The lowest BCUT2D eigenvalue weighted by Crippen LogP contribution is -2.53. The number of phenolic OH excluding ortho intramolecular Hbond substituents is 1. The highest BCUT2D eigenvalue weighted by molar-refractivity contribution is 6.36. The van der Waals surface area contributed by atoms with E-state index in [2.05, 4.69) is 10.4 Å². The van der Waals surface area contributed by atoms with E-state index in [4.69, 9.17) is 37.1 Å². The fourth-order valence-corrected chi connectivity index (χ4v) is 10.7. The predicted molar refractivity (Wildman–Crippen MR) is 232 cm³/mol. The lowest BCUT2D eigenvalue weighted by molar-refractivity contribution is -0.138. The number of allylic oxidation sites excluding steroid dienone is 2. The van der Waals surface area contributed by atoms with Gasteiger partial charge in [-0.15, -0.1) is 0 Å². The number of nitrogens with one attached hydrogen (secondary N) is 1.